The van der Waals surface area contributed by atoms with E-state index in [1.165, 1.54) is 4.90 Å². The lowest BCUT2D eigenvalue weighted by atomic mass is 10.2. The maximum Gasteiger partial charge on any atom is 0.0991 e. The van der Waals surface area contributed by atoms with E-state index in [9.17, 15) is 0 Å². The van der Waals surface area contributed by atoms with Crippen molar-refractivity contribution in [3.8, 4) is 6.07 Å². The van der Waals surface area contributed by atoms with E-state index in [0.29, 0.717) is 5.56 Å². The lowest BCUT2D eigenvalue weighted by molar-refractivity contribution is 1.29. The summed E-state index contributed by atoms with van der Waals surface area (Å²) in [4.78, 5) is 1.19. The highest BCUT2D eigenvalue weighted by atomic mass is 32.2. The molecule has 0 atom stereocenters. The third-order valence-corrected chi connectivity index (χ3v) is 4.01. The Morgan fingerprint density at radius 3 is 2.78 bits per heavy atom. The second kappa shape index (κ2) is 5.61. The molecular weight excluding hydrogens is 240 g/mol. The van der Waals surface area contributed by atoms with Gasteiger partial charge in [-0.25, -0.2) is 0 Å². The monoisotopic (exact) mass is 254 g/mol. The van der Waals surface area contributed by atoms with Crippen LogP contribution in [0.1, 0.15) is 16.7 Å². The molecule has 0 heterocycles. The highest BCUT2D eigenvalue weighted by molar-refractivity contribution is 7.98. The van der Waals surface area contributed by atoms with E-state index in [2.05, 4.69) is 12.1 Å². The van der Waals surface area contributed by atoms with Crippen LogP contribution in [0, 0.1) is 18.3 Å². The number of benzene rings is 2. The number of nitrogens with two attached hydrogens (primary N) is 1. The topological polar surface area (TPSA) is 49.8 Å². The number of rotatable bonds is 3. The number of hydrogen-bond acceptors (Lipinski definition) is 3. The van der Waals surface area contributed by atoms with Gasteiger partial charge in [0, 0.05) is 16.3 Å². The van der Waals surface area contributed by atoms with Crippen LogP contribution in [0.15, 0.2) is 47.4 Å². The second-order valence-electron chi connectivity index (χ2n) is 4.07. The van der Waals surface area contributed by atoms with Crippen LogP contribution in [-0.2, 0) is 5.75 Å². The summed E-state index contributed by atoms with van der Waals surface area (Å²) in [6.07, 6.45) is 0. The first kappa shape index (κ1) is 12.5. The van der Waals surface area contributed by atoms with E-state index in [1.54, 1.807) is 11.8 Å². The minimum absolute atomic E-state index is 0.706. The van der Waals surface area contributed by atoms with E-state index in [0.717, 1.165) is 22.6 Å². The van der Waals surface area contributed by atoms with Gasteiger partial charge in [0.05, 0.1) is 11.6 Å². The van der Waals surface area contributed by atoms with E-state index in [4.69, 9.17) is 11.0 Å². The van der Waals surface area contributed by atoms with Gasteiger partial charge in [0.25, 0.3) is 0 Å². The molecule has 0 aromatic heterocycles. The largest absolute Gasteiger partial charge is 0.398 e. The SMILES string of the molecule is Cc1c(N)cccc1SCc1cccc(C#N)c1. The van der Waals surface area contributed by atoms with E-state index >= 15 is 0 Å². The molecule has 0 bridgehead atoms. The Labute approximate surface area is 111 Å². The third kappa shape index (κ3) is 2.85. The first-order valence-electron chi connectivity index (χ1n) is 5.67. The number of anilines is 1. The standard InChI is InChI=1S/C15H14N2S/c1-11-14(17)6-3-7-15(11)18-10-13-5-2-4-12(8-13)9-16/h2-8H,10,17H2,1H3. The maximum absolute atomic E-state index is 8.85. The minimum atomic E-state index is 0.706. The molecule has 0 saturated carbocycles. The van der Waals surface area contributed by atoms with Gasteiger partial charge < -0.3 is 5.73 Å². The predicted molar refractivity (Wildman–Crippen MR) is 76.3 cm³/mol. The number of nitrogen functional groups attached to an aromatic ring is 1. The van der Waals surface area contributed by atoms with Crippen LogP contribution < -0.4 is 5.73 Å². The normalized spacial score (nSPS) is 10.0. The summed E-state index contributed by atoms with van der Waals surface area (Å²) in [6, 6.07) is 15.8. The number of nitriles is 1. The summed E-state index contributed by atoms with van der Waals surface area (Å²) in [5.74, 6) is 0.847. The van der Waals surface area contributed by atoms with Crippen molar-refractivity contribution in [3.05, 3.63) is 59.2 Å². The Balaban J connectivity index is 2.12. The Morgan fingerprint density at radius 1 is 1.22 bits per heavy atom. The molecule has 0 radical (unpaired) electrons. The van der Waals surface area contributed by atoms with Crippen LogP contribution in [0.4, 0.5) is 5.69 Å². The van der Waals surface area contributed by atoms with Crippen molar-refractivity contribution < 1.29 is 0 Å². The Kier molecular flexibility index (Phi) is 3.91. The summed E-state index contributed by atoms with van der Waals surface area (Å²) < 4.78 is 0. The Hall–Kier alpha value is -1.92. The molecule has 3 heteroatoms. The first-order valence-corrected chi connectivity index (χ1v) is 6.66. The molecular formula is C15H14N2S. The molecule has 0 aliphatic heterocycles. The van der Waals surface area contributed by atoms with Crippen molar-refractivity contribution in [1.29, 1.82) is 5.26 Å². The first-order chi connectivity index (χ1) is 8.70. The molecule has 90 valence electrons. The van der Waals surface area contributed by atoms with Gasteiger partial charge in [-0.2, -0.15) is 5.26 Å². The van der Waals surface area contributed by atoms with E-state index in [1.807, 2.05) is 43.3 Å². The molecule has 0 spiro atoms. The van der Waals surface area contributed by atoms with Gasteiger partial charge in [-0.05, 0) is 42.3 Å². The lowest BCUT2D eigenvalue weighted by Crippen LogP contribution is -1.91. The molecule has 2 aromatic carbocycles. The second-order valence-corrected chi connectivity index (χ2v) is 5.09. The fourth-order valence-corrected chi connectivity index (χ4v) is 2.69. The summed E-state index contributed by atoms with van der Waals surface area (Å²) in [5, 5.41) is 8.85. The zero-order valence-corrected chi connectivity index (χ0v) is 11.0. The molecule has 2 rings (SSSR count). The molecule has 0 unspecified atom stereocenters. The van der Waals surface area contributed by atoms with Gasteiger partial charge in [0.1, 0.15) is 0 Å². The van der Waals surface area contributed by atoms with Crippen LogP contribution in [0.3, 0.4) is 0 Å². The number of nitrogens with zero attached hydrogens (tertiary/aromatic N) is 1. The maximum atomic E-state index is 8.85. The van der Waals surface area contributed by atoms with Crippen molar-refractivity contribution in [2.24, 2.45) is 0 Å². The van der Waals surface area contributed by atoms with E-state index < -0.39 is 0 Å². The van der Waals surface area contributed by atoms with Gasteiger partial charge in [0.2, 0.25) is 0 Å². The fourth-order valence-electron chi connectivity index (χ4n) is 1.68. The van der Waals surface area contributed by atoms with Crippen molar-refractivity contribution in [2.45, 2.75) is 17.6 Å². The average Bonchev–Trinajstić information content (AvgIpc) is 2.41. The lowest BCUT2D eigenvalue weighted by Gasteiger charge is -2.08. The van der Waals surface area contributed by atoms with Gasteiger partial charge in [-0.1, -0.05) is 18.2 Å². The van der Waals surface area contributed by atoms with Gasteiger partial charge in [-0.3, -0.25) is 0 Å². The Morgan fingerprint density at radius 2 is 2.00 bits per heavy atom. The fraction of sp³-hybridized carbons (Fsp3) is 0.133. The quantitative estimate of drug-likeness (QED) is 0.670. The molecule has 0 aliphatic rings. The smallest absolute Gasteiger partial charge is 0.0991 e. The minimum Gasteiger partial charge on any atom is -0.398 e. The molecule has 2 aromatic rings. The zero-order valence-electron chi connectivity index (χ0n) is 10.2. The van der Waals surface area contributed by atoms with Crippen molar-refractivity contribution in [1.82, 2.24) is 0 Å². The molecule has 18 heavy (non-hydrogen) atoms. The van der Waals surface area contributed by atoms with Crippen molar-refractivity contribution in [3.63, 3.8) is 0 Å². The van der Waals surface area contributed by atoms with Crippen LogP contribution in [0.25, 0.3) is 0 Å². The highest BCUT2D eigenvalue weighted by Gasteiger charge is 2.03. The van der Waals surface area contributed by atoms with Crippen LogP contribution >= 0.6 is 11.8 Å². The van der Waals surface area contributed by atoms with Crippen LogP contribution in [0.2, 0.25) is 0 Å². The summed E-state index contributed by atoms with van der Waals surface area (Å²) in [5.41, 5.74) is 9.69. The summed E-state index contributed by atoms with van der Waals surface area (Å²) in [7, 11) is 0. The number of hydrogen-bond donors (Lipinski definition) is 1. The van der Waals surface area contributed by atoms with Crippen LogP contribution in [-0.4, -0.2) is 0 Å². The summed E-state index contributed by atoms with van der Waals surface area (Å²) >= 11 is 1.74. The highest BCUT2D eigenvalue weighted by Crippen LogP contribution is 2.28. The third-order valence-electron chi connectivity index (χ3n) is 2.78. The van der Waals surface area contributed by atoms with Crippen LogP contribution in [0.5, 0.6) is 0 Å². The van der Waals surface area contributed by atoms with Crippen molar-refractivity contribution in [2.75, 3.05) is 5.73 Å². The molecule has 2 N–H and O–H groups in total. The summed E-state index contributed by atoms with van der Waals surface area (Å²) in [6.45, 7) is 2.03. The van der Waals surface area contributed by atoms with Gasteiger partial charge >= 0.3 is 0 Å². The molecule has 2 nitrogen and oxygen atoms in total. The van der Waals surface area contributed by atoms with E-state index in [-0.39, 0.29) is 0 Å². The molecule has 0 fully saturated rings. The average molecular weight is 254 g/mol. The van der Waals surface area contributed by atoms with Gasteiger partial charge in [0.15, 0.2) is 0 Å². The van der Waals surface area contributed by atoms with Crippen molar-refractivity contribution >= 4 is 17.4 Å². The Bertz CT molecular complexity index is 600. The predicted octanol–water partition coefficient (Wildman–Crippen LogP) is 3.74. The van der Waals surface area contributed by atoms with Gasteiger partial charge in [-0.15, -0.1) is 11.8 Å². The molecule has 0 aliphatic carbocycles. The number of thioether (sulfide) groups is 1. The molecule has 0 amide bonds. The molecule has 0 saturated heterocycles. The zero-order chi connectivity index (χ0) is 13.0.